The molecule has 0 saturated carbocycles. The third kappa shape index (κ3) is 2.15. The summed E-state index contributed by atoms with van der Waals surface area (Å²) in [6.45, 7) is 1.64. The first-order chi connectivity index (χ1) is 10.3. The molecule has 21 heavy (non-hydrogen) atoms. The molecule has 4 heteroatoms. The number of para-hydroxylation sites is 2. The van der Waals surface area contributed by atoms with Crippen LogP contribution in [0, 0.1) is 5.92 Å². The van der Waals surface area contributed by atoms with Gasteiger partial charge in [0.25, 0.3) is 0 Å². The van der Waals surface area contributed by atoms with Gasteiger partial charge in [0.05, 0.1) is 23.4 Å². The quantitative estimate of drug-likeness (QED) is 0.794. The van der Waals surface area contributed by atoms with Crippen molar-refractivity contribution in [1.29, 1.82) is 0 Å². The monoisotopic (exact) mass is 281 g/mol. The van der Waals surface area contributed by atoms with Crippen LogP contribution in [0.15, 0.2) is 42.7 Å². The Balaban J connectivity index is 1.45. The molecule has 0 radical (unpaired) electrons. The lowest BCUT2D eigenvalue weighted by atomic mass is 9.91. The molecule has 1 aliphatic heterocycles. The molecule has 2 aromatic rings. The highest BCUT2D eigenvalue weighted by molar-refractivity contribution is 5.80. The number of carbonyl (C=O) groups excluding carboxylic acids is 1. The molecule has 0 N–H and O–H groups in total. The normalized spacial score (nSPS) is 22.5. The van der Waals surface area contributed by atoms with Crippen LogP contribution < -0.4 is 0 Å². The van der Waals surface area contributed by atoms with Gasteiger partial charge in [-0.25, -0.2) is 4.98 Å². The first-order valence-corrected chi connectivity index (χ1v) is 7.68. The Hall–Kier alpha value is -2.10. The van der Waals surface area contributed by atoms with E-state index in [1.165, 1.54) is 0 Å². The predicted molar refractivity (Wildman–Crippen MR) is 81.8 cm³/mol. The van der Waals surface area contributed by atoms with Crippen molar-refractivity contribution in [2.24, 2.45) is 5.92 Å². The number of rotatable bonds is 2. The Kier molecular flexibility index (Phi) is 3.02. The van der Waals surface area contributed by atoms with E-state index >= 15 is 0 Å². The van der Waals surface area contributed by atoms with E-state index in [0.29, 0.717) is 11.9 Å². The van der Waals surface area contributed by atoms with Crippen molar-refractivity contribution in [2.75, 3.05) is 13.1 Å². The zero-order chi connectivity index (χ0) is 14.2. The summed E-state index contributed by atoms with van der Waals surface area (Å²) < 4.78 is 2.21. The van der Waals surface area contributed by atoms with Gasteiger partial charge in [0, 0.05) is 19.0 Å². The van der Waals surface area contributed by atoms with Gasteiger partial charge in [-0.05, 0) is 31.4 Å². The molecule has 108 valence electrons. The second-order valence-electron chi connectivity index (χ2n) is 6.02. The first-order valence-electron chi connectivity index (χ1n) is 7.68. The molecule has 1 amide bonds. The number of nitrogens with zero attached hydrogens (tertiary/aromatic N) is 3. The van der Waals surface area contributed by atoms with Gasteiger partial charge in [-0.3, -0.25) is 4.79 Å². The molecule has 1 aromatic carbocycles. The van der Waals surface area contributed by atoms with Crippen molar-refractivity contribution in [3.05, 3.63) is 42.7 Å². The van der Waals surface area contributed by atoms with E-state index in [0.717, 1.165) is 43.4 Å². The molecule has 2 heterocycles. The van der Waals surface area contributed by atoms with E-state index in [1.807, 2.05) is 29.4 Å². The molecule has 0 spiro atoms. The molecule has 1 unspecified atom stereocenters. The number of likely N-dealkylation sites (tertiary alicyclic amines) is 1. The molecule has 1 atom stereocenters. The summed E-state index contributed by atoms with van der Waals surface area (Å²) >= 11 is 0. The van der Waals surface area contributed by atoms with Gasteiger partial charge in [-0.15, -0.1) is 0 Å². The predicted octanol–water partition coefficient (Wildman–Crippen LogP) is 2.78. The van der Waals surface area contributed by atoms with Crippen molar-refractivity contribution in [1.82, 2.24) is 14.5 Å². The van der Waals surface area contributed by atoms with Crippen LogP contribution in [0.25, 0.3) is 11.0 Å². The number of aromatic nitrogens is 2. The second-order valence-corrected chi connectivity index (χ2v) is 6.02. The highest BCUT2D eigenvalue weighted by Crippen LogP contribution is 2.29. The minimum absolute atomic E-state index is 0.204. The van der Waals surface area contributed by atoms with E-state index in [4.69, 9.17) is 0 Å². The Morgan fingerprint density at radius 3 is 2.86 bits per heavy atom. The number of fused-ring (bicyclic) bond motifs is 1. The number of hydrogen-bond donors (Lipinski definition) is 0. The SMILES string of the molecule is O=C(C1CC=CCC1)N1CC(n2cnc3ccccc32)C1. The zero-order valence-electron chi connectivity index (χ0n) is 12.0. The summed E-state index contributed by atoms with van der Waals surface area (Å²) in [5.74, 6) is 0.538. The maximum Gasteiger partial charge on any atom is 0.226 e. The zero-order valence-corrected chi connectivity index (χ0v) is 12.0. The lowest BCUT2D eigenvalue weighted by molar-refractivity contribution is -0.141. The smallest absolute Gasteiger partial charge is 0.226 e. The number of allylic oxidation sites excluding steroid dienone is 2. The first kappa shape index (κ1) is 12.6. The summed E-state index contributed by atoms with van der Waals surface area (Å²) in [5.41, 5.74) is 2.19. The fraction of sp³-hybridized carbons (Fsp3) is 0.412. The molecule has 4 nitrogen and oxygen atoms in total. The van der Waals surface area contributed by atoms with Gasteiger partial charge in [-0.2, -0.15) is 0 Å². The maximum absolute atomic E-state index is 12.4. The Labute approximate surface area is 124 Å². The third-order valence-electron chi connectivity index (χ3n) is 4.67. The van der Waals surface area contributed by atoms with E-state index in [-0.39, 0.29) is 5.92 Å². The summed E-state index contributed by atoms with van der Waals surface area (Å²) in [7, 11) is 0. The topological polar surface area (TPSA) is 38.1 Å². The van der Waals surface area contributed by atoms with Crippen molar-refractivity contribution >= 4 is 16.9 Å². The summed E-state index contributed by atoms with van der Waals surface area (Å²) in [4.78, 5) is 18.9. The molecular weight excluding hydrogens is 262 g/mol. The molecule has 2 aliphatic rings. The lowest BCUT2D eigenvalue weighted by Gasteiger charge is -2.42. The Morgan fingerprint density at radius 1 is 1.19 bits per heavy atom. The maximum atomic E-state index is 12.4. The minimum Gasteiger partial charge on any atom is -0.338 e. The third-order valence-corrected chi connectivity index (χ3v) is 4.67. The summed E-state index contributed by atoms with van der Waals surface area (Å²) in [6, 6.07) is 8.55. The van der Waals surface area contributed by atoms with Crippen LogP contribution >= 0.6 is 0 Å². The number of hydrogen-bond acceptors (Lipinski definition) is 2. The standard InChI is InChI=1S/C17H19N3O/c21-17(13-6-2-1-3-7-13)19-10-14(11-19)20-12-18-15-8-4-5-9-16(15)20/h1-2,4-5,8-9,12-14H,3,6-7,10-11H2. The Bertz CT molecular complexity index is 697. The lowest BCUT2D eigenvalue weighted by Crippen LogP contribution is -2.52. The van der Waals surface area contributed by atoms with E-state index in [9.17, 15) is 4.79 Å². The van der Waals surface area contributed by atoms with Gasteiger partial charge in [0.15, 0.2) is 0 Å². The number of imidazole rings is 1. The van der Waals surface area contributed by atoms with Crippen LogP contribution in [-0.4, -0.2) is 33.4 Å². The molecule has 1 fully saturated rings. The minimum atomic E-state index is 0.204. The van der Waals surface area contributed by atoms with Crippen LogP contribution in [-0.2, 0) is 4.79 Å². The van der Waals surface area contributed by atoms with E-state index < -0.39 is 0 Å². The van der Waals surface area contributed by atoms with Crippen molar-refractivity contribution in [2.45, 2.75) is 25.3 Å². The number of carbonyl (C=O) groups is 1. The van der Waals surface area contributed by atoms with Gasteiger partial charge in [0.2, 0.25) is 5.91 Å². The molecule has 1 saturated heterocycles. The highest BCUT2D eigenvalue weighted by Gasteiger charge is 2.35. The summed E-state index contributed by atoms with van der Waals surface area (Å²) in [6.07, 6.45) is 9.19. The molecule has 1 aromatic heterocycles. The fourth-order valence-corrected chi connectivity index (χ4v) is 3.36. The Morgan fingerprint density at radius 2 is 2.05 bits per heavy atom. The molecule has 4 rings (SSSR count). The van der Waals surface area contributed by atoms with E-state index in [1.54, 1.807) is 0 Å². The van der Waals surface area contributed by atoms with Gasteiger partial charge in [-0.1, -0.05) is 24.3 Å². The van der Waals surface area contributed by atoms with Crippen molar-refractivity contribution < 1.29 is 4.79 Å². The van der Waals surface area contributed by atoms with Crippen LogP contribution in [0.5, 0.6) is 0 Å². The highest BCUT2D eigenvalue weighted by atomic mass is 16.2. The van der Waals surface area contributed by atoms with Gasteiger partial charge in [0.1, 0.15) is 0 Å². The van der Waals surface area contributed by atoms with Crippen LogP contribution in [0.3, 0.4) is 0 Å². The molecular formula is C17H19N3O. The van der Waals surface area contributed by atoms with Crippen LogP contribution in [0.2, 0.25) is 0 Å². The average Bonchev–Trinajstić information content (AvgIpc) is 2.91. The van der Waals surface area contributed by atoms with Gasteiger partial charge < -0.3 is 9.47 Å². The molecule has 0 bridgehead atoms. The second kappa shape index (κ2) is 5.02. The average molecular weight is 281 g/mol. The van der Waals surface area contributed by atoms with Crippen LogP contribution in [0.4, 0.5) is 0 Å². The fourth-order valence-electron chi connectivity index (χ4n) is 3.36. The summed E-state index contributed by atoms with van der Waals surface area (Å²) in [5, 5.41) is 0. The number of benzene rings is 1. The van der Waals surface area contributed by atoms with Crippen molar-refractivity contribution in [3.8, 4) is 0 Å². The van der Waals surface area contributed by atoms with Crippen LogP contribution in [0.1, 0.15) is 25.3 Å². The largest absolute Gasteiger partial charge is 0.338 e. The molecule has 1 aliphatic carbocycles. The van der Waals surface area contributed by atoms with Crippen molar-refractivity contribution in [3.63, 3.8) is 0 Å². The number of amides is 1. The van der Waals surface area contributed by atoms with E-state index in [2.05, 4.69) is 27.8 Å². The van der Waals surface area contributed by atoms with Gasteiger partial charge >= 0.3 is 0 Å².